The summed E-state index contributed by atoms with van der Waals surface area (Å²) in [6.07, 6.45) is -2.64. The summed E-state index contributed by atoms with van der Waals surface area (Å²) in [5, 5.41) is 36.4. The van der Waals surface area contributed by atoms with Crippen LogP contribution < -0.4 is 22.7 Å². The van der Waals surface area contributed by atoms with Gasteiger partial charge in [0, 0.05) is 0 Å². The molecule has 152 valence electrons. The predicted octanol–water partition coefficient (Wildman–Crippen LogP) is -5.83. The lowest BCUT2D eigenvalue weighted by molar-refractivity contribution is -0.526. The minimum Gasteiger partial charge on any atom is -0.744 e. The number of aliphatic hydroxyl groups is 2. The summed E-state index contributed by atoms with van der Waals surface area (Å²) < 4.78 is 35.5. The third kappa shape index (κ3) is 2.63. The molecule has 0 amide bonds. The molecule has 3 aliphatic heterocycles. The van der Waals surface area contributed by atoms with Crippen molar-refractivity contribution in [3.63, 3.8) is 0 Å². The molecule has 0 saturated carbocycles. The van der Waals surface area contributed by atoms with Gasteiger partial charge in [-0.2, -0.15) is 14.3 Å². The van der Waals surface area contributed by atoms with E-state index in [1.165, 1.54) is 0 Å². The number of hydroxylamine groups is 1. The van der Waals surface area contributed by atoms with Crippen LogP contribution in [0.25, 0.3) is 0 Å². The Labute approximate surface area is 151 Å². The fraction of sp³-hybridized carbons (Fsp3) is 0.700. The van der Waals surface area contributed by atoms with E-state index >= 15 is 0 Å². The second-order valence-electron chi connectivity index (χ2n) is 6.15. The highest BCUT2D eigenvalue weighted by Crippen LogP contribution is 2.46. The molecule has 1 spiro atoms. The van der Waals surface area contributed by atoms with Gasteiger partial charge in [-0.1, -0.05) is 0 Å². The highest BCUT2D eigenvalue weighted by molar-refractivity contribution is 7.80. The van der Waals surface area contributed by atoms with E-state index in [1.54, 1.807) is 0 Å². The fourth-order valence-electron chi connectivity index (χ4n) is 3.68. The Hall–Kier alpha value is -2.44. The van der Waals surface area contributed by atoms with Gasteiger partial charge in [0.15, 0.2) is 12.1 Å². The number of carbonyl (C=O) groups excluding carboxylic acids is 1. The summed E-state index contributed by atoms with van der Waals surface area (Å²) in [7, 11) is -5.11. The number of carbonyl (C=O) groups is 1. The van der Waals surface area contributed by atoms with Gasteiger partial charge in [-0.3, -0.25) is 19.8 Å². The van der Waals surface area contributed by atoms with Crippen molar-refractivity contribution in [2.75, 3.05) is 6.54 Å². The SMILES string of the molecule is NOC(=O)C[C@H]1[C@@H]2N=C(N)NC23N(C[C@@H](OS(=O)(=O)O)C3(O)O)C(N)=[N+]1[O-]. The molecule has 27 heavy (non-hydrogen) atoms. The van der Waals surface area contributed by atoms with Gasteiger partial charge in [0.05, 0.1) is 6.42 Å². The molecule has 3 aliphatic rings. The standard InChI is InChI=1S/C10H17N7O9S/c11-7-14-6-3(1-5(18)25-13)17(21)8(12)16-2-4(26-27(22,23)24)10(19,20)9(6,16)15-7/h3-4,6,19-20H,1-2,12-13H2,(H3,11,14,15)(H,22,23,24)/t3-,4+,6-,9?/m0/s1. The van der Waals surface area contributed by atoms with Gasteiger partial charge >= 0.3 is 22.3 Å². The van der Waals surface area contributed by atoms with Crippen LogP contribution in [-0.2, 0) is 24.2 Å². The summed E-state index contributed by atoms with van der Waals surface area (Å²) in [6, 6.07) is -2.87. The van der Waals surface area contributed by atoms with Crippen molar-refractivity contribution in [3.8, 4) is 0 Å². The predicted molar refractivity (Wildman–Crippen MR) is 83.1 cm³/mol. The first kappa shape index (κ1) is 19.3. The molecule has 0 aromatic heterocycles. The molecule has 4 atom stereocenters. The van der Waals surface area contributed by atoms with Crippen LogP contribution in [0.2, 0.25) is 0 Å². The number of nitrogens with one attached hydrogen (secondary N) is 1. The van der Waals surface area contributed by atoms with Crippen LogP contribution in [0.1, 0.15) is 6.42 Å². The van der Waals surface area contributed by atoms with Crippen molar-refractivity contribution in [3.05, 3.63) is 5.21 Å². The molecule has 16 nitrogen and oxygen atoms in total. The average molecular weight is 411 g/mol. The highest BCUT2D eigenvalue weighted by Gasteiger charge is 2.78. The van der Waals surface area contributed by atoms with E-state index in [-0.39, 0.29) is 10.7 Å². The minimum atomic E-state index is -5.11. The normalized spacial score (nSPS) is 34.6. The van der Waals surface area contributed by atoms with Crippen molar-refractivity contribution in [1.29, 1.82) is 0 Å². The van der Waals surface area contributed by atoms with Crippen molar-refractivity contribution in [2.45, 2.75) is 36.1 Å². The van der Waals surface area contributed by atoms with E-state index in [1.807, 2.05) is 0 Å². The zero-order valence-electron chi connectivity index (χ0n) is 13.4. The van der Waals surface area contributed by atoms with Crippen LogP contribution >= 0.6 is 0 Å². The lowest BCUT2D eigenvalue weighted by Crippen LogP contribution is -2.79. The second kappa shape index (κ2) is 5.78. The molecule has 1 unspecified atom stereocenters. The van der Waals surface area contributed by atoms with E-state index in [2.05, 4.69) is 19.3 Å². The molecular formula is C10H17N7O9S. The Bertz CT molecular complexity index is 842. The number of nitrogens with two attached hydrogens (primary N) is 3. The number of nitrogens with zero attached hydrogens (tertiary/aromatic N) is 3. The topological polar surface area (TPSA) is 262 Å². The maximum atomic E-state index is 12.5. The van der Waals surface area contributed by atoms with Crippen molar-refractivity contribution in [2.24, 2.45) is 22.4 Å². The van der Waals surface area contributed by atoms with Crippen LogP contribution in [0.15, 0.2) is 4.99 Å². The second-order valence-corrected chi connectivity index (χ2v) is 7.19. The van der Waals surface area contributed by atoms with Crippen molar-refractivity contribution < 1.29 is 41.7 Å². The molecule has 10 N–H and O–H groups in total. The summed E-state index contributed by atoms with van der Waals surface area (Å²) in [5.41, 5.74) is 9.22. The molecule has 17 heteroatoms. The van der Waals surface area contributed by atoms with Crippen LogP contribution in [0.3, 0.4) is 0 Å². The lowest BCUT2D eigenvalue weighted by Gasteiger charge is -2.47. The Kier molecular flexibility index (Phi) is 4.13. The van der Waals surface area contributed by atoms with Crippen LogP contribution in [0.5, 0.6) is 0 Å². The van der Waals surface area contributed by atoms with Gasteiger partial charge in [0.25, 0.3) is 5.79 Å². The molecule has 0 aromatic carbocycles. The molecule has 3 rings (SSSR count). The van der Waals surface area contributed by atoms with Gasteiger partial charge in [-0.15, -0.1) is 0 Å². The molecular weight excluding hydrogens is 394 g/mol. The fourth-order valence-corrected chi connectivity index (χ4v) is 4.16. The van der Waals surface area contributed by atoms with E-state index in [9.17, 15) is 28.6 Å². The van der Waals surface area contributed by atoms with Crippen LogP contribution in [0, 0.1) is 5.21 Å². The number of hydrogen-bond donors (Lipinski definition) is 7. The third-order valence-electron chi connectivity index (χ3n) is 4.72. The number of guanidine groups is 2. The zero-order chi connectivity index (χ0) is 20.4. The molecule has 1 fully saturated rings. The van der Waals surface area contributed by atoms with Gasteiger partial charge in [0.1, 0.15) is 18.6 Å². The summed E-state index contributed by atoms with van der Waals surface area (Å²) in [4.78, 5) is 20.4. The van der Waals surface area contributed by atoms with Gasteiger partial charge in [0.2, 0.25) is 5.66 Å². The van der Waals surface area contributed by atoms with Crippen molar-refractivity contribution in [1.82, 2.24) is 10.2 Å². The highest BCUT2D eigenvalue weighted by atomic mass is 32.3. The maximum Gasteiger partial charge on any atom is 0.397 e. The average Bonchev–Trinajstić information content (AvgIpc) is 3.00. The number of rotatable bonds is 4. The number of aliphatic imine (C=N–C) groups is 1. The Morgan fingerprint density at radius 1 is 1.48 bits per heavy atom. The molecule has 3 heterocycles. The van der Waals surface area contributed by atoms with E-state index < -0.39 is 64.9 Å². The summed E-state index contributed by atoms with van der Waals surface area (Å²) >= 11 is 0. The Morgan fingerprint density at radius 3 is 2.67 bits per heavy atom. The zero-order valence-corrected chi connectivity index (χ0v) is 14.2. The minimum absolute atomic E-state index is 0.162. The monoisotopic (exact) mass is 411 g/mol. The quantitative estimate of drug-likeness (QED) is 0.0747. The first-order valence-corrected chi connectivity index (χ1v) is 8.69. The third-order valence-corrected chi connectivity index (χ3v) is 5.20. The van der Waals surface area contributed by atoms with Crippen LogP contribution in [-0.4, -0.2) is 86.9 Å². The van der Waals surface area contributed by atoms with Gasteiger partial charge < -0.3 is 31.3 Å². The van der Waals surface area contributed by atoms with Crippen molar-refractivity contribution >= 4 is 28.3 Å². The van der Waals surface area contributed by atoms with E-state index in [0.717, 1.165) is 4.90 Å². The first-order chi connectivity index (χ1) is 12.3. The smallest absolute Gasteiger partial charge is 0.397 e. The number of hydrogen-bond acceptors (Lipinski definition) is 14. The first-order valence-electron chi connectivity index (χ1n) is 7.33. The summed E-state index contributed by atoms with van der Waals surface area (Å²) in [6.45, 7) is -0.655. The van der Waals surface area contributed by atoms with Gasteiger partial charge in [-0.25, -0.2) is 14.1 Å². The van der Waals surface area contributed by atoms with Crippen LogP contribution in [0.4, 0.5) is 0 Å². The maximum absolute atomic E-state index is 12.5. The molecule has 0 bridgehead atoms. The van der Waals surface area contributed by atoms with Gasteiger partial charge in [-0.05, 0) is 0 Å². The van der Waals surface area contributed by atoms with E-state index in [0.29, 0.717) is 0 Å². The molecule has 1 saturated heterocycles. The largest absolute Gasteiger partial charge is 0.744 e. The Balaban J connectivity index is 2.13. The molecule has 0 aromatic rings. The Morgan fingerprint density at radius 2 is 2.11 bits per heavy atom. The van der Waals surface area contributed by atoms with E-state index in [4.69, 9.17) is 21.9 Å². The lowest BCUT2D eigenvalue weighted by atomic mass is 9.84. The molecule has 0 aliphatic carbocycles. The summed E-state index contributed by atoms with van der Waals surface area (Å²) in [5.74, 6) is -0.304. The molecule has 0 radical (unpaired) electrons.